The predicted molar refractivity (Wildman–Crippen MR) is 76.6 cm³/mol. The molecule has 9 heteroatoms. The van der Waals surface area contributed by atoms with Crippen LogP contribution in [0.25, 0.3) is 0 Å². The molecular weight excluding hydrogens is 296 g/mol. The third kappa shape index (κ3) is 3.14. The molecule has 0 atom stereocenters. The van der Waals surface area contributed by atoms with E-state index < -0.39 is 10.8 Å². The predicted octanol–water partition coefficient (Wildman–Crippen LogP) is 2.36. The number of carbonyl (C=O) groups is 1. The molecule has 0 aliphatic carbocycles. The van der Waals surface area contributed by atoms with Gasteiger partial charge in [-0.15, -0.1) is 5.10 Å². The molecule has 0 aliphatic heterocycles. The number of aryl methyl sites for hydroxylation is 1. The Labute approximate surface area is 123 Å². The van der Waals surface area contributed by atoms with Gasteiger partial charge < -0.3 is 10.4 Å². The van der Waals surface area contributed by atoms with E-state index in [1.807, 2.05) is 6.92 Å². The fourth-order valence-corrected chi connectivity index (χ4v) is 2.36. The number of para-hydroxylation sites is 1. The van der Waals surface area contributed by atoms with E-state index in [1.54, 1.807) is 0 Å². The van der Waals surface area contributed by atoms with Gasteiger partial charge in [-0.05, 0) is 24.0 Å². The van der Waals surface area contributed by atoms with Crippen molar-refractivity contribution in [1.29, 1.82) is 0 Å². The summed E-state index contributed by atoms with van der Waals surface area (Å²) in [6.07, 6.45) is 1.38. The van der Waals surface area contributed by atoms with Crippen LogP contribution in [0.5, 0.6) is 5.75 Å². The number of rotatable bonds is 5. The number of nitro groups is 1. The summed E-state index contributed by atoms with van der Waals surface area (Å²) >= 11 is 0.912. The Hall–Kier alpha value is -2.55. The van der Waals surface area contributed by atoms with Crippen LogP contribution in [0.2, 0.25) is 0 Å². The van der Waals surface area contributed by atoms with E-state index in [9.17, 15) is 20.0 Å². The maximum absolute atomic E-state index is 12.2. The van der Waals surface area contributed by atoms with E-state index in [1.165, 1.54) is 18.2 Å². The van der Waals surface area contributed by atoms with Gasteiger partial charge in [0.2, 0.25) is 0 Å². The van der Waals surface area contributed by atoms with Crippen molar-refractivity contribution in [1.82, 2.24) is 9.59 Å². The SMILES string of the molecule is CCCc1nnsc1C(=O)Nc1c(O)cccc1[N+](=O)[O-]. The van der Waals surface area contributed by atoms with Crippen LogP contribution in [0.15, 0.2) is 18.2 Å². The zero-order valence-electron chi connectivity index (χ0n) is 11.1. The lowest BCUT2D eigenvalue weighted by molar-refractivity contribution is -0.384. The van der Waals surface area contributed by atoms with Gasteiger partial charge in [-0.2, -0.15) is 0 Å². The topological polar surface area (TPSA) is 118 Å². The summed E-state index contributed by atoms with van der Waals surface area (Å²) in [7, 11) is 0. The molecule has 1 aromatic heterocycles. The fourth-order valence-electron chi connectivity index (χ4n) is 1.76. The number of carbonyl (C=O) groups excluding carboxylic acids is 1. The van der Waals surface area contributed by atoms with Crippen molar-refractivity contribution in [3.05, 3.63) is 38.9 Å². The highest BCUT2D eigenvalue weighted by Gasteiger charge is 2.22. The number of aromatic nitrogens is 2. The molecule has 0 unspecified atom stereocenters. The maximum Gasteiger partial charge on any atom is 0.296 e. The van der Waals surface area contributed by atoms with Crippen LogP contribution in [0.4, 0.5) is 11.4 Å². The molecular formula is C12H12N4O4S. The zero-order valence-corrected chi connectivity index (χ0v) is 11.9. The van der Waals surface area contributed by atoms with Gasteiger partial charge in [0.1, 0.15) is 10.6 Å². The van der Waals surface area contributed by atoms with Crippen LogP contribution in [0.1, 0.15) is 28.7 Å². The van der Waals surface area contributed by atoms with Gasteiger partial charge in [0.25, 0.3) is 11.6 Å². The molecule has 2 N–H and O–H groups in total. The number of anilines is 1. The first-order valence-electron chi connectivity index (χ1n) is 6.13. The Bertz CT molecular complexity index is 686. The minimum atomic E-state index is -0.673. The highest BCUT2D eigenvalue weighted by molar-refractivity contribution is 7.08. The Morgan fingerprint density at radius 3 is 2.95 bits per heavy atom. The lowest BCUT2D eigenvalue weighted by Gasteiger charge is -2.07. The first-order valence-corrected chi connectivity index (χ1v) is 6.90. The average molecular weight is 308 g/mol. The number of phenolic OH excluding ortho intramolecular Hbond substituents is 1. The van der Waals surface area contributed by atoms with Gasteiger partial charge >= 0.3 is 0 Å². The first-order chi connectivity index (χ1) is 10.0. The lowest BCUT2D eigenvalue weighted by atomic mass is 10.2. The summed E-state index contributed by atoms with van der Waals surface area (Å²) in [6.45, 7) is 1.94. The van der Waals surface area contributed by atoms with Gasteiger partial charge in [-0.25, -0.2) is 0 Å². The highest BCUT2D eigenvalue weighted by atomic mass is 32.1. The molecule has 1 heterocycles. The third-order valence-corrected chi connectivity index (χ3v) is 3.47. The Balaban J connectivity index is 2.32. The van der Waals surface area contributed by atoms with Gasteiger partial charge in [0, 0.05) is 6.07 Å². The van der Waals surface area contributed by atoms with Crippen LogP contribution in [0.3, 0.4) is 0 Å². The van der Waals surface area contributed by atoms with Crippen molar-refractivity contribution in [2.24, 2.45) is 0 Å². The Kier molecular flexibility index (Phi) is 4.43. The number of aromatic hydroxyl groups is 1. The monoisotopic (exact) mass is 308 g/mol. The Morgan fingerprint density at radius 2 is 2.29 bits per heavy atom. The van der Waals surface area contributed by atoms with Crippen molar-refractivity contribution in [2.75, 3.05) is 5.32 Å². The number of nitrogens with one attached hydrogen (secondary N) is 1. The van der Waals surface area contributed by atoms with E-state index in [-0.39, 0.29) is 22.0 Å². The molecule has 2 rings (SSSR count). The van der Waals surface area contributed by atoms with Crippen molar-refractivity contribution >= 4 is 28.8 Å². The van der Waals surface area contributed by atoms with Crippen molar-refractivity contribution < 1.29 is 14.8 Å². The summed E-state index contributed by atoms with van der Waals surface area (Å²) in [5.74, 6) is -0.940. The first kappa shape index (κ1) is 14.9. The summed E-state index contributed by atoms with van der Waals surface area (Å²) in [6, 6.07) is 3.80. The van der Waals surface area contributed by atoms with Crippen LogP contribution >= 0.6 is 11.5 Å². The second-order valence-electron chi connectivity index (χ2n) is 4.18. The summed E-state index contributed by atoms with van der Waals surface area (Å²) in [5.41, 5.74) is -0.0701. The second kappa shape index (κ2) is 6.27. The maximum atomic E-state index is 12.2. The van der Waals surface area contributed by atoms with Crippen LogP contribution in [0, 0.1) is 10.1 Å². The van der Waals surface area contributed by atoms with Gasteiger partial charge in [0.05, 0.1) is 10.6 Å². The number of amides is 1. The molecule has 0 spiro atoms. The van der Waals surface area contributed by atoms with Gasteiger partial charge in [0.15, 0.2) is 5.69 Å². The minimum absolute atomic E-state index is 0.233. The van der Waals surface area contributed by atoms with Crippen LogP contribution in [-0.4, -0.2) is 25.5 Å². The third-order valence-electron chi connectivity index (χ3n) is 2.70. The van der Waals surface area contributed by atoms with Crippen molar-refractivity contribution in [3.8, 4) is 5.75 Å². The standard InChI is InChI=1S/C12H12N4O4S/c1-2-4-7-11(21-15-14-7)12(18)13-10-8(16(19)20)5-3-6-9(10)17/h3,5-6,17H,2,4H2,1H3,(H,13,18). The number of benzene rings is 1. The number of hydrogen-bond donors (Lipinski definition) is 2. The molecule has 0 saturated carbocycles. The molecule has 1 aromatic carbocycles. The van der Waals surface area contributed by atoms with Crippen molar-refractivity contribution in [2.45, 2.75) is 19.8 Å². The van der Waals surface area contributed by atoms with Gasteiger partial charge in [-0.1, -0.05) is 23.9 Å². The fraction of sp³-hybridized carbons (Fsp3) is 0.250. The number of nitrogens with zero attached hydrogens (tertiary/aromatic N) is 3. The molecule has 2 aromatic rings. The molecule has 0 radical (unpaired) electrons. The van der Waals surface area contributed by atoms with E-state index in [0.717, 1.165) is 18.0 Å². The molecule has 8 nitrogen and oxygen atoms in total. The second-order valence-corrected chi connectivity index (χ2v) is 4.94. The van der Waals surface area contributed by atoms with Crippen LogP contribution in [-0.2, 0) is 6.42 Å². The van der Waals surface area contributed by atoms with E-state index >= 15 is 0 Å². The Morgan fingerprint density at radius 1 is 1.52 bits per heavy atom. The number of phenols is 1. The largest absolute Gasteiger partial charge is 0.505 e. The quantitative estimate of drug-likeness (QED) is 0.497. The minimum Gasteiger partial charge on any atom is -0.505 e. The normalized spacial score (nSPS) is 10.3. The summed E-state index contributed by atoms with van der Waals surface area (Å²) < 4.78 is 3.72. The van der Waals surface area contributed by atoms with Crippen molar-refractivity contribution in [3.63, 3.8) is 0 Å². The molecule has 0 bridgehead atoms. The van der Waals surface area contributed by atoms with Gasteiger partial charge in [-0.3, -0.25) is 14.9 Å². The number of nitro benzene ring substituents is 1. The lowest BCUT2D eigenvalue weighted by Crippen LogP contribution is -2.14. The number of hydrogen-bond acceptors (Lipinski definition) is 7. The van der Waals surface area contributed by atoms with E-state index in [2.05, 4.69) is 14.9 Å². The molecule has 21 heavy (non-hydrogen) atoms. The zero-order chi connectivity index (χ0) is 15.4. The smallest absolute Gasteiger partial charge is 0.296 e. The summed E-state index contributed by atoms with van der Waals surface area (Å²) in [4.78, 5) is 22.7. The molecule has 0 saturated heterocycles. The average Bonchev–Trinajstić information content (AvgIpc) is 2.89. The van der Waals surface area contributed by atoms with E-state index in [4.69, 9.17) is 0 Å². The molecule has 0 aliphatic rings. The molecule has 110 valence electrons. The van der Waals surface area contributed by atoms with Crippen LogP contribution < -0.4 is 5.32 Å². The molecule has 1 amide bonds. The highest BCUT2D eigenvalue weighted by Crippen LogP contribution is 2.33. The molecule has 0 fully saturated rings. The summed E-state index contributed by atoms with van der Waals surface area (Å²) in [5, 5.41) is 26.9. The van der Waals surface area contributed by atoms with E-state index in [0.29, 0.717) is 12.1 Å².